The summed E-state index contributed by atoms with van der Waals surface area (Å²) in [7, 11) is 2.52. The third-order valence-electron chi connectivity index (χ3n) is 7.32. The second-order valence-corrected chi connectivity index (χ2v) is 11.6. The van der Waals surface area contributed by atoms with Crippen LogP contribution in [0, 0.1) is 6.92 Å². The van der Waals surface area contributed by atoms with Crippen LogP contribution in [0.15, 0.2) is 46.3 Å². The number of fused-ring (bicyclic) bond motifs is 1. The van der Waals surface area contributed by atoms with Crippen molar-refractivity contribution in [1.29, 1.82) is 0 Å². The van der Waals surface area contributed by atoms with Gasteiger partial charge in [-0.05, 0) is 38.7 Å². The quantitative estimate of drug-likeness (QED) is 0.307. The van der Waals surface area contributed by atoms with Crippen molar-refractivity contribution in [1.82, 2.24) is 19.1 Å². The van der Waals surface area contributed by atoms with Gasteiger partial charge >= 0.3 is 5.69 Å². The fourth-order valence-electron chi connectivity index (χ4n) is 5.40. The molecule has 0 N–H and O–H groups in total. The monoisotopic (exact) mass is 513 g/mol. The minimum absolute atomic E-state index is 0.121. The van der Waals surface area contributed by atoms with Crippen LogP contribution in [0.3, 0.4) is 0 Å². The lowest BCUT2D eigenvalue weighted by molar-refractivity contribution is -0.0198. The molecular weight excluding hydrogens is 477 g/mol. The highest BCUT2D eigenvalue weighted by Gasteiger charge is 2.56. The second kappa shape index (κ2) is 10.3. The van der Waals surface area contributed by atoms with Crippen LogP contribution in [0.1, 0.15) is 56.9 Å². The number of aryl methyl sites for hydroxylation is 1. The Morgan fingerprint density at radius 1 is 1.33 bits per heavy atom. The van der Waals surface area contributed by atoms with Gasteiger partial charge in [-0.1, -0.05) is 37.3 Å². The lowest BCUT2D eigenvalue weighted by atomic mass is 9.87. The van der Waals surface area contributed by atoms with E-state index in [4.69, 9.17) is 13.8 Å². The van der Waals surface area contributed by atoms with E-state index in [1.165, 1.54) is 5.56 Å². The molecule has 6 atom stereocenters. The van der Waals surface area contributed by atoms with E-state index in [0.717, 1.165) is 31.4 Å². The molecule has 3 aliphatic rings. The van der Waals surface area contributed by atoms with Crippen molar-refractivity contribution in [2.75, 3.05) is 20.6 Å². The Labute approximate surface area is 214 Å². The number of aromatic nitrogens is 2. The standard InChI is InChI=1S/C26H36N5O4P/c1-6-20-21(15-23(33-20)30-16-18(2)24(28-25(30)32)27-17-29(4)5)34-36-31-14-10-13-22(31)26(3,35-36)19-11-8-7-9-12-19/h7-9,11-12,16-17,20-23H,6,10,13-15H2,1-5H3/b27-17-/t20-,21?,22+,23-,26-,36+/m1/s1. The van der Waals surface area contributed by atoms with Crippen molar-refractivity contribution >= 4 is 20.7 Å². The molecule has 3 saturated heterocycles. The fourth-order valence-corrected chi connectivity index (χ4v) is 7.55. The molecule has 10 heteroatoms. The molecular formula is C26H36N5O4P. The number of benzene rings is 1. The average Bonchev–Trinajstić information content (AvgIpc) is 3.57. The van der Waals surface area contributed by atoms with Crippen LogP contribution in [-0.4, -0.2) is 64.3 Å². The predicted molar refractivity (Wildman–Crippen MR) is 140 cm³/mol. The van der Waals surface area contributed by atoms with Crippen molar-refractivity contribution in [2.45, 2.75) is 76.5 Å². The summed E-state index contributed by atoms with van der Waals surface area (Å²) >= 11 is 0. The first-order chi connectivity index (χ1) is 17.3. The highest BCUT2D eigenvalue weighted by atomic mass is 31.2. The van der Waals surface area contributed by atoms with Crippen LogP contribution in [0.2, 0.25) is 0 Å². The smallest absolute Gasteiger partial charge is 0.351 e. The minimum atomic E-state index is -1.23. The first-order valence-corrected chi connectivity index (χ1v) is 13.9. The summed E-state index contributed by atoms with van der Waals surface area (Å²) in [5.41, 5.74) is 1.24. The van der Waals surface area contributed by atoms with Gasteiger partial charge in [-0.2, -0.15) is 4.98 Å². The van der Waals surface area contributed by atoms with E-state index in [0.29, 0.717) is 18.3 Å². The summed E-state index contributed by atoms with van der Waals surface area (Å²) in [6.45, 7) is 7.16. The van der Waals surface area contributed by atoms with Crippen molar-refractivity contribution in [3.63, 3.8) is 0 Å². The first kappa shape index (κ1) is 25.5. The largest absolute Gasteiger partial charge is 0.369 e. The van der Waals surface area contributed by atoms with Gasteiger partial charge in [0.1, 0.15) is 11.8 Å². The molecule has 0 radical (unpaired) electrons. The summed E-state index contributed by atoms with van der Waals surface area (Å²) in [5.74, 6) is 0.422. The fraction of sp³-hybridized carbons (Fsp3) is 0.577. The van der Waals surface area contributed by atoms with Crippen molar-refractivity contribution in [3.05, 3.63) is 58.1 Å². The van der Waals surface area contributed by atoms with Crippen molar-refractivity contribution in [2.24, 2.45) is 4.99 Å². The molecule has 3 fully saturated rings. The molecule has 5 rings (SSSR count). The molecule has 3 aliphatic heterocycles. The molecule has 1 aromatic heterocycles. The Balaban J connectivity index is 1.34. The predicted octanol–water partition coefficient (Wildman–Crippen LogP) is 4.49. The summed E-state index contributed by atoms with van der Waals surface area (Å²) in [5, 5.41) is 0. The molecule has 0 saturated carbocycles. The van der Waals surface area contributed by atoms with E-state index < -0.39 is 20.4 Å². The van der Waals surface area contributed by atoms with Gasteiger partial charge in [0, 0.05) is 38.8 Å². The maximum atomic E-state index is 12.9. The van der Waals surface area contributed by atoms with E-state index in [2.05, 4.69) is 52.8 Å². The zero-order valence-electron chi connectivity index (χ0n) is 21.7. The molecule has 194 valence electrons. The van der Waals surface area contributed by atoms with Gasteiger partial charge in [0.2, 0.25) is 0 Å². The van der Waals surface area contributed by atoms with Crippen LogP contribution in [0.4, 0.5) is 5.82 Å². The number of hydrogen-bond donors (Lipinski definition) is 0. The van der Waals surface area contributed by atoms with Crippen LogP contribution in [-0.2, 0) is 19.4 Å². The van der Waals surface area contributed by atoms with E-state index >= 15 is 0 Å². The number of nitrogens with zero attached hydrogens (tertiary/aromatic N) is 5. The van der Waals surface area contributed by atoms with E-state index in [1.54, 1.807) is 22.0 Å². The maximum Gasteiger partial charge on any atom is 0.351 e. The van der Waals surface area contributed by atoms with Crippen molar-refractivity contribution in [3.8, 4) is 0 Å². The molecule has 9 nitrogen and oxygen atoms in total. The van der Waals surface area contributed by atoms with Gasteiger partial charge < -0.3 is 18.7 Å². The summed E-state index contributed by atoms with van der Waals surface area (Å²) in [6, 6.07) is 10.8. The summed E-state index contributed by atoms with van der Waals surface area (Å²) < 4.78 is 23.7. The van der Waals surface area contributed by atoms with Gasteiger partial charge in [0.05, 0.1) is 24.6 Å². The van der Waals surface area contributed by atoms with Crippen molar-refractivity contribution < 1.29 is 13.8 Å². The van der Waals surface area contributed by atoms with Gasteiger partial charge in [-0.25, -0.2) is 14.5 Å². The molecule has 4 heterocycles. The third kappa shape index (κ3) is 4.75. The Hall–Kier alpha value is -2.16. The molecule has 0 bridgehead atoms. The highest BCUT2D eigenvalue weighted by Crippen LogP contribution is 2.64. The number of ether oxygens (including phenoxy) is 1. The Morgan fingerprint density at radius 3 is 2.83 bits per heavy atom. The normalized spacial score (nSPS) is 32.4. The Bertz CT molecular complexity index is 1160. The second-order valence-electron chi connectivity index (χ2n) is 10.2. The van der Waals surface area contributed by atoms with Gasteiger partial charge in [-0.15, -0.1) is 0 Å². The Morgan fingerprint density at radius 2 is 2.11 bits per heavy atom. The minimum Gasteiger partial charge on any atom is -0.369 e. The molecule has 0 aliphatic carbocycles. The van der Waals surface area contributed by atoms with Gasteiger partial charge in [0.15, 0.2) is 5.82 Å². The van der Waals surface area contributed by atoms with Gasteiger partial charge in [-0.3, -0.25) is 4.57 Å². The zero-order chi connectivity index (χ0) is 25.4. The third-order valence-corrected chi connectivity index (χ3v) is 9.21. The summed E-state index contributed by atoms with van der Waals surface area (Å²) in [4.78, 5) is 23.2. The van der Waals surface area contributed by atoms with Crippen LogP contribution in [0.25, 0.3) is 0 Å². The number of aliphatic imine (C=N–C) groups is 1. The average molecular weight is 514 g/mol. The molecule has 2 aromatic rings. The van der Waals surface area contributed by atoms with Crippen LogP contribution >= 0.6 is 8.53 Å². The van der Waals surface area contributed by atoms with Crippen LogP contribution < -0.4 is 5.69 Å². The number of hydrogen-bond acceptors (Lipinski definition) is 7. The highest BCUT2D eigenvalue weighted by molar-refractivity contribution is 7.45. The molecule has 36 heavy (non-hydrogen) atoms. The van der Waals surface area contributed by atoms with E-state index in [9.17, 15) is 4.79 Å². The van der Waals surface area contributed by atoms with E-state index in [-0.39, 0.29) is 17.9 Å². The number of rotatable bonds is 7. The Kier molecular flexibility index (Phi) is 7.30. The SMILES string of the molecule is CC[C@H]1O[C@@H](n2cc(C)c(/N=C\N(C)C)nc2=O)CC1O[P@@]1O[C@](C)(c2ccccc2)[C@@H]2CCCN21. The molecule has 1 aromatic carbocycles. The zero-order valence-corrected chi connectivity index (χ0v) is 22.6. The van der Waals surface area contributed by atoms with E-state index in [1.807, 2.05) is 27.1 Å². The molecule has 0 spiro atoms. The van der Waals surface area contributed by atoms with Gasteiger partial charge in [0.25, 0.3) is 8.53 Å². The topological polar surface area (TPSA) is 81.4 Å². The molecule has 0 amide bonds. The lowest BCUT2D eigenvalue weighted by Crippen LogP contribution is -2.36. The maximum absolute atomic E-state index is 12.9. The lowest BCUT2D eigenvalue weighted by Gasteiger charge is -2.29. The molecule has 1 unspecified atom stereocenters. The first-order valence-electron chi connectivity index (χ1n) is 12.7. The van der Waals surface area contributed by atoms with Crippen LogP contribution in [0.5, 0.6) is 0 Å². The summed E-state index contributed by atoms with van der Waals surface area (Å²) in [6.07, 6.45) is 6.31.